The van der Waals surface area contributed by atoms with E-state index in [1.165, 1.54) is 0 Å². The van der Waals surface area contributed by atoms with Crippen LogP contribution in [0.1, 0.15) is 20.8 Å². The summed E-state index contributed by atoms with van der Waals surface area (Å²) in [7, 11) is -1.59. The van der Waals surface area contributed by atoms with Gasteiger partial charge in [-0.25, -0.2) is 0 Å². The molecule has 0 spiro atoms. The molecule has 72 valence electrons. The van der Waals surface area contributed by atoms with E-state index in [1.54, 1.807) is 0 Å². The third-order valence-electron chi connectivity index (χ3n) is 0.787. The van der Waals surface area contributed by atoms with Crippen LogP contribution in [0.2, 0.25) is 0 Å². The molecule has 0 atom stereocenters. The molecule has 6 nitrogen and oxygen atoms in total. The minimum atomic E-state index is -1.59. The average molecular weight is 227 g/mol. The molecule has 0 bridgehead atoms. The first kappa shape index (κ1) is 16.5. The van der Waals surface area contributed by atoms with Crippen molar-refractivity contribution in [1.82, 2.24) is 0 Å². The molecule has 0 saturated heterocycles. The maximum absolute atomic E-state index is 10.4. The topological polar surface area (TPSA) is 78.9 Å². The van der Waals surface area contributed by atoms with Crippen LogP contribution in [0.4, 0.5) is 0 Å². The summed E-state index contributed by atoms with van der Waals surface area (Å²) >= 11 is 0. The summed E-state index contributed by atoms with van der Waals surface area (Å²) in [5.41, 5.74) is 0. The van der Waals surface area contributed by atoms with Gasteiger partial charge in [0.15, 0.2) is 0 Å². The van der Waals surface area contributed by atoms with Crippen LogP contribution >= 0.6 is 0 Å². The zero-order valence-corrected chi connectivity index (χ0v) is 11.6. The fourth-order valence-corrected chi connectivity index (χ4v) is 0.479. The maximum atomic E-state index is 10.4. The van der Waals surface area contributed by atoms with Crippen LogP contribution in [-0.4, -0.2) is 25.2 Å². The van der Waals surface area contributed by atoms with Gasteiger partial charge in [-0.2, -0.15) is 0 Å². The van der Waals surface area contributed by atoms with Crippen molar-refractivity contribution in [2.24, 2.45) is 0 Å². The monoisotopic (exact) mass is 227 g/mol. The first-order valence-electron chi connectivity index (χ1n) is 3.43. The van der Waals surface area contributed by atoms with Gasteiger partial charge in [-0.1, -0.05) is 0 Å². The van der Waals surface area contributed by atoms with Crippen molar-refractivity contribution in [3.05, 3.63) is 0 Å². The molecule has 0 N–H and O–H groups in total. The molecule has 0 unspecified atom stereocenters. The first-order chi connectivity index (χ1) is 5.91. The smallest absolute Gasteiger partial charge is 0.462 e. The minimum absolute atomic E-state index is 0. The zero-order valence-electron chi connectivity index (χ0n) is 8.53. The fraction of sp³-hybridized carbons (Fsp3) is 0.500. The fourth-order valence-electron chi connectivity index (χ4n) is 0.479. The molecular weight excluding hydrogens is 218 g/mol. The Morgan fingerprint density at radius 1 is 0.786 bits per heavy atom. The molecule has 0 aromatic rings. The molecule has 0 aromatic carbocycles. The Morgan fingerprint density at radius 3 is 1.14 bits per heavy atom. The van der Waals surface area contributed by atoms with Crippen LogP contribution in [0.3, 0.4) is 0 Å². The second-order valence-corrected chi connectivity index (χ2v) is 2.12. The average Bonchev–Trinajstić information content (AvgIpc) is 1.80. The van der Waals surface area contributed by atoms with Crippen molar-refractivity contribution >= 4 is 25.2 Å². The van der Waals surface area contributed by atoms with E-state index < -0.39 is 25.2 Å². The maximum Gasteiger partial charge on any atom is 1.00 e. The van der Waals surface area contributed by atoms with E-state index in [4.69, 9.17) is 0 Å². The second kappa shape index (κ2) is 8.42. The molecule has 0 aliphatic carbocycles. The molecule has 14 heavy (non-hydrogen) atoms. The van der Waals surface area contributed by atoms with Crippen LogP contribution in [0.15, 0.2) is 0 Å². The largest absolute Gasteiger partial charge is 1.00 e. The van der Waals surface area contributed by atoms with Crippen molar-refractivity contribution in [1.29, 1.82) is 0 Å². The molecule has 0 saturated carbocycles. The molecular formula is C6H9BKO6+. The van der Waals surface area contributed by atoms with Crippen LogP contribution in [0, 0.1) is 0 Å². The van der Waals surface area contributed by atoms with Gasteiger partial charge in [0, 0.05) is 20.8 Å². The van der Waals surface area contributed by atoms with E-state index in [-0.39, 0.29) is 51.4 Å². The predicted octanol–water partition coefficient (Wildman–Crippen LogP) is -3.34. The number of carbonyl (C=O) groups is 3. The van der Waals surface area contributed by atoms with E-state index in [1.807, 2.05) is 0 Å². The van der Waals surface area contributed by atoms with Crippen molar-refractivity contribution < 1.29 is 79.7 Å². The van der Waals surface area contributed by atoms with Gasteiger partial charge >= 0.3 is 58.7 Å². The van der Waals surface area contributed by atoms with E-state index in [9.17, 15) is 14.4 Å². The molecule has 8 heteroatoms. The Morgan fingerprint density at radius 2 is 1.00 bits per heavy atom. The van der Waals surface area contributed by atoms with Crippen LogP contribution in [0.25, 0.3) is 0 Å². The third-order valence-corrected chi connectivity index (χ3v) is 0.787. The van der Waals surface area contributed by atoms with E-state index in [2.05, 4.69) is 14.0 Å². The number of hydrogen-bond acceptors (Lipinski definition) is 6. The standard InChI is InChI=1S/C6H9BO6.K/c1-4(8)11-7(12-5(2)9)13-6(3)10;/h1-3H3;/q;+1. The summed E-state index contributed by atoms with van der Waals surface area (Å²) < 4.78 is 13.0. The SMILES string of the molecule is CC(=O)OB(OC(C)=O)OC(C)=O.[K+]. The molecule has 0 amide bonds. The van der Waals surface area contributed by atoms with Crippen molar-refractivity contribution in [3.63, 3.8) is 0 Å². The van der Waals surface area contributed by atoms with Gasteiger partial charge < -0.3 is 14.0 Å². The Hall–Kier alpha value is 0.111. The molecule has 0 radical (unpaired) electrons. The molecule has 0 heterocycles. The molecule has 0 aliphatic rings. The summed E-state index contributed by atoms with van der Waals surface area (Å²) in [6.07, 6.45) is 0. The Bertz CT molecular complexity index is 192. The summed E-state index contributed by atoms with van der Waals surface area (Å²) in [5.74, 6) is -2.15. The predicted molar refractivity (Wildman–Crippen MR) is 41.1 cm³/mol. The molecule has 0 aliphatic heterocycles. The quantitative estimate of drug-likeness (QED) is 0.469. The summed E-state index contributed by atoms with van der Waals surface area (Å²) in [6.45, 7) is 3.29. The Balaban J connectivity index is 0. The van der Waals surface area contributed by atoms with Crippen LogP contribution < -0.4 is 51.4 Å². The Labute approximate surface area is 124 Å². The van der Waals surface area contributed by atoms with E-state index >= 15 is 0 Å². The summed E-state index contributed by atoms with van der Waals surface area (Å²) in [6, 6.07) is 0. The minimum Gasteiger partial charge on any atom is -0.462 e. The molecule has 0 rings (SSSR count). The van der Waals surface area contributed by atoms with Crippen LogP contribution in [-0.2, 0) is 28.3 Å². The number of carbonyl (C=O) groups excluding carboxylic acids is 3. The second-order valence-electron chi connectivity index (χ2n) is 2.12. The van der Waals surface area contributed by atoms with Gasteiger partial charge in [0.05, 0.1) is 0 Å². The first-order valence-corrected chi connectivity index (χ1v) is 3.43. The van der Waals surface area contributed by atoms with Crippen molar-refractivity contribution in [2.45, 2.75) is 20.8 Å². The number of rotatable bonds is 3. The van der Waals surface area contributed by atoms with Gasteiger partial charge in [-0.15, -0.1) is 0 Å². The summed E-state index contributed by atoms with van der Waals surface area (Å²) in [4.78, 5) is 31.2. The van der Waals surface area contributed by atoms with Crippen molar-refractivity contribution in [2.75, 3.05) is 0 Å². The van der Waals surface area contributed by atoms with Gasteiger partial charge in [0.25, 0.3) is 17.9 Å². The molecule has 0 aromatic heterocycles. The normalized spacial score (nSPS) is 7.93. The van der Waals surface area contributed by atoms with Crippen LogP contribution in [0.5, 0.6) is 0 Å². The van der Waals surface area contributed by atoms with Crippen molar-refractivity contribution in [3.8, 4) is 0 Å². The molecule has 0 fully saturated rings. The third kappa shape index (κ3) is 10.2. The zero-order chi connectivity index (χ0) is 10.4. The summed E-state index contributed by atoms with van der Waals surface area (Å²) in [5, 5.41) is 0. The van der Waals surface area contributed by atoms with Gasteiger partial charge in [-0.3, -0.25) is 14.4 Å². The van der Waals surface area contributed by atoms with Gasteiger partial charge in [0.1, 0.15) is 0 Å². The Kier molecular flexibility index (Phi) is 9.95. The van der Waals surface area contributed by atoms with E-state index in [0.717, 1.165) is 20.8 Å². The van der Waals surface area contributed by atoms with Gasteiger partial charge in [0.2, 0.25) is 0 Å². The number of hydrogen-bond donors (Lipinski definition) is 0. The van der Waals surface area contributed by atoms with Gasteiger partial charge in [-0.05, 0) is 0 Å². The van der Waals surface area contributed by atoms with E-state index in [0.29, 0.717) is 0 Å².